The van der Waals surface area contributed by atoms with Crippen molar-refractivity contribution in [1.82, 2.24) is 10.2 Å². The van der Waals surface area contributed by atoms with Crippen molar-refractivity contribution in [2.24, 2.45) is 5.92 Å². The second-order valence-electron chi connectivity index (χ2n) is 5.53. The SMILES string of the molecule is Cc1ccc(O)c(C(C)Nc2nnc(CC(C)C)s2)c1. The van der Waals surface area contributed by atoms with Gasteiger partial charge < -0.3 is 10.4 Å². The molecule has 0 saturated carbocycles. The molecular weight excluding hydrogens is 270 g/mol. The second-order valence-corrected chi connectivity index (χ2v) is 6.59. The monoisotopic (exact) mass is 291 g/mol. The number of anilines is 1. The van der Waals surface area contributed by atoms with E-state index in [0.29, 0.717) is 11.7 Å². The summed E-state index contributed by atoms with van der Waals surface area (Å²) in [5.41, 5.74) is 2.01. The number of aromatic nitrogens is 2. The highest BCUT2D eigenvalue weighted by Gasteiger charge is 2.13. The highest BCUT2D eigenvalue weighted by molar-refractivity contribution is 7.15. The molecule has 5 heteroatoms. The van der Waals surface area contributed by atoms with Gasteiger partial charge in [-0.25, -0.2) is 0 Å². The lowest BCUT2D eigenvalue weighted by Gasteiger charge is -2.15. The number of phenols is 1. The van der Waals surface area contributed by atoms with Gasteiger partial charge in [-0.2, -0.15) is 0 Å². The molecule has 2 aromatic rings. The van der Waals surface area contributed by atoms with Crippen LogP contribution in [0.4, 0.5) is 5.13 Å². The number of nitrogens with zero attached hydrogens (tertiary/aromatic N) is 2. The third-order valence-corrected chi connectivity index (χ3v) is 3.92. The molecule has 4 nitrogen and oxygen atoms in total. The Kier molecular flexibility index (Phi) is 4.60. The first-order valence-electron chi connectivity index (χ1n) is 6.84. The fourth-order valence-electron chi connectivity index (χ4n) is 2.03. The van der Waals surface area contributed by atoms with Crippen molar-refractivity contribution in [3.8, 4) is 5.75 Å². The second kappa shape index (κ2) is 6.22. The van der Waals surface area contributed by atoms with E-state index >= 15 is 0 Å². The first-order valence-corrected chi connectivity index (χ1v) is 7.65. The number of benzene rings is 1. The molecule has 108 valence electrons. The van der Waals surface area contributed by atoms with E-state index in [0.717, 1.165) is 27.7 Å². The lowest BCUT2D eigenvalue weighted by atomic mass is 10.0. The number of aryl methyl sites for hydroxylation is 1. The fraction of sp³-hybridized carbons (Fsp3) is 0.467. The Morgan fingerprint density at radius 2 is 2.00 bits per heavy atom. The minimum absolute atomic E-state index is 0.00486. The van der Waals surface area contributed by atoms with Crippen LogP contribution in [0, 0.1) is 12.8 Å². The summed E-state index contributed by atoms with van der Waals surface area (Å²) in [6.45, 7) is 8.36. The van der Waals surface area contributed by atoms with Gasteiger partial charge >= 0.3 is 0 Å². The van der Waals surface area contributed by atoms with Crippen LogP contribution in [0.15, 0.2) is 18.2 Å². The molecule has 0 aliphatic carbocycles. The molecule has 2 N–H and O–H groups in total. The number of rotatable bonds is 5. The maximum atomic E-state index is 9.93. The zero-order valence-corrected chi connectivity index (χ0v) is 13.2. The first-order chi connectivity index (χ1) is 9.45. The zero-order chi connectivity index (χ0) is 14.7. The molecule has 2 rings (SSSR count). The molecule has 0 aliphatic rings. The van der Waals surface area contributed by atoms with Crippen LogP contribution >= 0.6 is 11.3 Å². The molecule has 1 unspecified atom stereocenters. The molecular formula is C15H21N3OS. The molecule has 1 aromatic carbocycles. The maximum Gasteiger partial charge on any atom is 0.206 e. The van der Waals surface area contributed by atoms with Gasteiger partial charge in [-0.15, -0.1) is 10.2 Å². The third-order valence-electron chi connectivity index (χ3n) is 3.04. The summed E-state index contributed by atoms with van der Waals surface area (Å²) >= 11 is 1.58. The Bertz CT molecular complexity index is 580. The smallest absolute Gasteiger partial charge is 0.206 e. The molecule has 0 aliphatic heterocycles. The average Bonchev–Trinajstić information content (AvgIpc) is 2.78. The number of phenolic OH excluding ortho intramolecular Hbond substituents is 1. The van der Waals surface area contributed by atoms with E-state index < -0.39 is 0 Å². The number of nitrogens with one attached hydrogen (secondary N) is 1. The van der Waals surface area contributed by atoms with Crippen LogP contribution in [0.1, 0.15) is 42.9 Å². The molecule has 1 heterocycles. The van der Waals surface area contributed by atoms with Crippen molar-refractivity contribution >= 4 is 16.5 Å². The van der Waals surface area contributed by atoms with Crippen molar-refractivity contribution < 1.29 is 5.11 Å². The van der Waals surface area contributed by atoms with Gasteiger partial charge in [0.1, 0.15) is 10.8 Å². The summed E-state index contributed by atoms with van der Waals surface area (Å²) < 4.78 is 0. The van der Waals surface area contributed by atoms with Gasteiger partial charge in [-0.1, -0.05) is 42.9 Å². The van der Waals surface area contributed by atoms with Crippen molar-refractivity contribution in [1.29, 1.82) is 0 Å². The summed E-state index contributed by atoms with van der Waals surface area (Å²) in [6.07, 6.45) is 0.948. The largest absolute Gasteiger partial charge is 0.508 e. The van der Waals surface area contributed by atoms with E-state index in [1.807, 2.05) is 26.0 Å². The topological polar surface area (TPSA) is 58.0 Å². The van der Waals surface area contributed by atoms with Crippen molar-refractivity contribution in [3.05, 3.63) is 34.3 Å². The van der Waals surface area contributed by atoms with Gasteiger partial charge in [-0.05, 0) is 25.8 Å². The summed E-state index contributed by atoms with van der Waals surface area (Å²) in [4.78, 5) is 0. The van der Waals surface area contributed by atoms with Gasteiger partial charge in [0.15, 0.2) is 0 Å². The van der Waals surface area contributed by atoms with Crippen molar-refractivity contribution in [2.45, 2.75) is 40.2 Å². The van der Waals surface area contributed by atoms with Gasteiger partial charge in [0.2, 0.25) is 5.13 Å². The number of hydrogen-bond acceptors (Lipinski definition) is 5. The van der Waals surface area contributed by atoms with E-state index in [1.54, 1.807) is 17.4 Å². The maximum absolute atomic E-state index is 9.93. The van der Waals surface area contributed by atoms with E-state index in [9.17, 15) is 5.11 Å². The summed E-state index contributed by atoms with van der Waals surface area (Å²) in [7, 11) is 0. The van der Waals surface area contributed by atoms with Gasteiger partial charge in [0, 0.05) is 12.0 Å². The quantitative estimate of drug-likeness (QED) is 0.876. The molecule has 20 heavy (non-hydrogen) atoms. The van der Waals surface area contributed by atoms with Gasteiger partial charge in [-0.3, -0.25) is 0 Å². The molecule has 0 fully saturated rings. The summed E-state index contributed by atoms with van der Waals surface area (Å²) in [5, 5.41) is 23.4. The third kappa shape index (κ3) is 3.70. The first kappa shape index (κ1) is 14.8. The predicted molar refractivity (Wildman–Crippen MR) is 83.3 cm³/mol. The predicted octanol–water partition coefficient (Wildman–Crippen LogP) is 3.92. The minimum Gasteiger partial charge on any atom is -0.508 e. The highest BCUT2D eigenvalue weighted by atomic mass is 32.1. The lowest BCUT2D eigenvalue weighted by Crippen LogP contribution is -2.06. The highest BCUT2D eigenvalue weighted by Crippen LogP contribution is 2.29. The Morgan fingerprint density at radius 3 is 2.70 bits per heavy atom. The van der Waals surface area contributed by atoms with Crippen LogP contribution < -0.4 is 5.32 Å². The normalized spacial score (nSPS) is 12.7. The Balaban J connectivity index is 2.09. The molecule has 1 atom stereocenters. The van der Waals surface area contributed by atoms with Crippen LogP contribution in [-0.4, -0.2) is 15.3 Å². The fourth-order valence-corrected chi connectivity index (χ4v) is 3.07. The van der Waals surface area contributed by atoms with Crippen LogP contribution in [0.2, 0.25) is 0 Å². The molecule has 0 saturated heterocycles. The van der Waals surface area contributed by atoms with Gasteiger partial charge in [0.25, 0.3) is 0 Å². The van der Waals surface area contributed by atoms with E-state index in [-0.39, 0.29) is 6.04 Å². The standard InChI is InChI=1S/C15H21N3OS/c1-9(2)7-14-17-18-15(20-14)16-11(4)12-8-10(3)5-6-13(12)19/h5-6,8-9,11,19H,7H2,1-4H3,(H,16,18). The molecule has 0 radical (unpaired) electrons. The van der Waals surface area contributed by atoms with Crippen LogP contribution in [0.25, 0.3) is 0 Å². The van der Waals surface area contributed by atoms with Crippen LogP contribution in [0.5, 0.6) is 5.75 Å². The number of aromatic hydroxyl groups is 1. The number of hydrogen-bond donors (Lipinski definition) is 2. The molecule has 0 bridgehead atoms. The zero-order valence-electron chi connectivity index (χ0n) is 12.3. The van der Waals surface area contributed by atoms with Crippen LogP contribution in [0.3, 0.4) is 0 Å². The molecule has 0 amide bonds. The Hall–Kier alpha value is -1.62. The Morgan fingerprint density at radius 1 is 1.25 bits per heavy atom. The van der Waals surface area contributed by atoms with E-state index in [2.05, 4.69) is 29.4 Å². The lowest BCUT2D eigenvalue weighted by molar-refractivity contribution is 0.465. The van der Waals surface area contributed by atoms with E-state index in [4.69, 9.17) is 0 Å². The van der Waals surface area contributed by atoms with Gasteiger partial charge in [0.05, 0.1) is 6.04 Å². The summed E-state index contributed by atoms with van der Waals surface area (Å²) in [6, 6.07) is 5.61. The molecule has 1 aromatic heterocycles. The average molecular weight is 291 g/mol. The Labute approximate surface area is 123 Å². The van der Waals surface area contributed by atoms with Crippen molar-refractivity contribution in [2.75, 3.05) is 5.32 Å². The minimum atomic E-state index is -0.00486. The van der Waals surface area contributed by atoms with Crippen molar-refractivity contribution in [3.63, 3.8) is 0 Å². The molecule has 0 spiro atoms. The van der Waals surface area contributed by atoms with Crippen LogP contribution in [-0.2, 0) is 6.42 Å². The summed E-state index contributed by atoms with van der Waals surface area (Å²) in [5.74, 6) is 0.886. The van der Waals surface area contributed by atoms with E-state index in [1.165, 1.54) is 0 Å².